The molecule has 4 heterocycles. The number of fused-ring (bicyclic) bond motifs is 1. The van der Waals surface area contributed by atoms with Crippen molar-refractivity contribution in [3.8, 4) is 21.1 Å². The van der Waals surface area contributed by atoms with Crippen LogP contribution >= 0.6 is 22.7 Å². The van der Waals surface area contributed by atoms with E-state index in [-0.39, 0.29) is 0 Å². The van der Waals surface area contributed by atoms with Crippen LogP contribution in [-0.2, 0) is 0 Å². The molecule has 0 N–H and O–H groups in total. The summed E-state index contributed by atoms with van der Waals surface area (Å²) in [5.74, 6) is -0.853. The highest BCUT2D eigenvalue weighted by atomic mass is 32.1. The summed E-state index contributed by atoms with van der Waals surface area (Å²) in [4.78, 5) is 17.5. The molecule has 8 heteroatoms. The zero-order valence-electron chi connectivity index (χ0n) is 10.8. The zero-order chi connectivity index (χ0) is 15.1. The number of halogens is 2. The van der Waals surface area contributed by atoms with Gasteiger partial charge in [-0.15, -0.1) is 0 Å². The van der Waals surface area contributed by atoms with E-state index in [0.29, 0.717) is 30.8 Å². The molecule has 0 aliphatic carbocycles. The van der Waals surface area contributed by atoms with Gasteiger partial charge in [-0.2, -0.15) is 0 Å². The van der Waals surface area contributed by atoms with Gasteiger partial charge in [0.05, 0.1) is 12.4 Å². The van der Waals surface area contributed by atoms with Crippen molar-refractivity contribution in [1.82, 2.24) is 19.9 Å². The standard InChI is InChI=1S/C14H6F2N4S2/c15-9-5-17-3-1-7(9)11-19-13-14(21-11)20-12(22-13)8-2-4-18-6-10(8)16/h1-6H. The largest absolute Gasteiger partial charge is 0.262 e. The SMILES string of the molecule is Fc1cnccc1-c1nc2sc(-c3ccncc3F)nc2s1. The van der Waals surface area contributed by atoms with Crippen LogP contribution in [0.5, 0.6) is 0 Å². The van der Waals surface area contributed by atoms with Crippen molar-refractivity contribution >= 4 is 32.3 Å². The maximum Gasteiger partial charge on any atom is 0.155 e. The molecule has 4 aromatic heterocycles. The Kier molecular flexibility index (Phi) is 3.12. The van der Waals surface area contributed by atoms with Gasteiger partial charge in [0.1, 0.15) is 10.0 Å². The molecule has 0 unspecified atom stereocenters. The van der Waals surface area contributed by atoms with Gasteiger partial charge in [0.2, 0.25) is 0 Å². The van der Waals surface area contributed by atoms with Crippen molar-refractivity contribution in [2.45, 2.75) is 0 Å². The maximum absolute atomic E-state index is 13.7. The quantitative estimate of drug-likeness (QED) is 0.553. The Labute approximate surface area is 131 Å². The predicted octanol–water partition coefficient (Wildman–Crippen LogP) is 4.16. The first kappa shape index (κ1) is 13.4. The smallest absolute Gasteiger partial charge is 0.155 e. The first-order valence-electron chi connectivity index (χ1n) is 6.19. The lowest BCUT2D eigenvalue weighted by Gasteiger charge is -1.97. The fourth-order valence-electron chi connectivity index (χ4n) is 1.97. The average Bonchev–Trinajstić information content (AvgIpc) is 3.06. The van der Waals surface area contributed by atoms with E-state index >= 15 is 0 Å². The molecule has 0 spiro atoms. The molecule has 0 saturated carbocycles. The minimum absolute atomic E-state index is 0.391. The molecule has 0 bridgehead atoms. The predicted molar refractivity (Wildman–Crippen MR) is 81.7 cm³/mol. The molecule has 0 radical (unpaired) electrons. The number of hydrogen-bond acceptors (Lipinski definition) is 6. The van der Waals surface area contributed by atoms with Gasteiger partial charge in [0.25, 0.3) is 0 Å². The van der Waals surface area contributed by atoms with Gasteiger partial charge in [-0.1, -0.05) is 22.7 Å². The number of thiazole rings is 2. The normalized spacial score (nSPS) is 11.2. The molecular weight excluding hydrogens is 326 g/mol. The lowest BCUT2D eigenvalue weighted by Crippen LogP contribution is -1.84. The van der Waals surface area contributed by atoms with Crippen LogP contribution in [0, 0.1) is 11.6 Å². The number of aromatic nitrogens is 4. The number of nitrogens with zero attached hydrogens (tertiary/aromatic N) is 4. The van der Waals surface area contributed by atoms with E-state index in [9.17, 15) is 8.78 Å². The van der Waals surface area contributed by atoms with Gasteiger partial charge >= 0.3 is 0 Å². The Hall–Kier alpha value is -2.32. The van der Waals surface area contributed by atoms with Crippen molar-refractivity contribution in [2.24, 2.45) is 0 Å². The monoisotopic (exact) mass is 332 g/mol. The summed E-state index contributed by atoms with van der Waals surface area (Å²) in [5, 5.41) is 1.07. The zero-order valence-corrected chi connectivity index (χ0v) is 12.5. The molecular formula is C14H6F2N4S2. The molecule has 22 heavy (non-hydrogen) atoms. The van der Waals surface area contributed by atoms with Crippen molar-refractivity contribution in [3.63, 3.8) is 0 Å². The maximum atomic E-state index is 13.7. The molecule has 108 valence electrons. The summed E-state index contributed by atoms with van der Waals surface area (Å²) in [6.45, 7) is 0. The van der Waals surface area contributed by atoms with Crippen LogP contribution in [0.2, 0.25) is 0 Å². The Morgan fingerprint density at radius 1 is 0.727 bits per heavy atom. The van der Waals surface area contributed by atoms with Gasteiger partial charge in [-0.25, -0.2) is 18.7 Å². The van der Waals surface area contributed by atoms with Crippen molar-refractivity contribution in [1.29, 1.82) is 0 Å². The second kappa shape index (κ2) is 5.15. The van der Waals surface area contributed by atoms with Crippen LogP contribution in [-0.4, -0.2) is 19.9 Å². The van der Waals surface area contributed by atoms with Crippen LogP contribution in [0.1, 0.15) is 0 Å². The highest BCUT2D eigenvalue weighted by molar-refractivity contribution is 7.29. The van der Waals surface area contributed by atoms with Gasteiger partial charge in [0.15, 0.2) is 21.3 Å². The van der Waals surface area contributed by atoms with E-state index in [2.05, 4.69) is 19.9 Å². The number of rotatable bonds is 2. The lowest BCUT2D eigenvalue weighted by molar-refractivity contribution is 0.624. The Morgan fingerprint density at radius 2 is 1.18 bits per heavy atom. The van der Waals surface area contributed by atoms with Crippen molar-refractivity contribution in [3.05, 3.63) is 48.6 Å². The Bertz CT molecular complexity index is 873. The lowest BCUT2D eigenvalue weighted by atomic mass is 10.3. The summed E-state index contributed by atoms with van der Waals surface area (Å²) in [6.07, 6.45) is 5.32. The molecule has 0 aliphatic rings. The number of pyridine rings is 2. The molecule has 4 rings (SSSR count). The van der Waals surface area contributed by atoms with E-state index in [0.717, 1.165) is 12.4 Å². The third-order valence-electron chi connectivity index (χ3n) is 2.98. The number of hydrogen-bond donors (Lipinski definition) is 0. The van der Waals surface area contributed by atoms with Crippen molar-refractivity contribution < 1.29 is 8.78 Å². The minimum atomic E-state index is -0.427. The third kappa shape index (κ3) is 2.16. The third-order valence-corrected chi connectivity index (χ3v) is 5.08. The molecule has 0 fully saturated rings. The van der Waals surface area contributed by atoms with Gasteiger partial charge in [-0.3, -0.25) is 9.97 Å². The van der Waals surface area contributed by atoms with Crippen LogP contribution in [0.3, 0.4) is 0 Å². The molecule has 4 nitrogen and oxygen atoms in total. The van der Waals surface area contributed by atoms with E-state index < -0.39 is 11.6 Å². The van der Waals surface area contributed by atoms with Crippen LogP contribution in [0.4, 0.5) is 8.78 Å². The van der Waals surface area contributed by atoms with Crippen LogP contribution in [0.25, 0.3) is 30.8 Å². The van der Waals surface area contributed by atoms with Gasteiger partial charge < -0.3 is 0 Å². The van der Waals surface area contributed by atoms with E-state index in [1.807, 2.05) is 0 Å². The molecule has 0 saturated heterocycles. The fraction of sp³-hybridized carbons (Fsp3) is 0. The first-order chi connectivity index (χ1) is 10.7. The first-order valence-corrected chi connectivity index (χ1v) is 7.83. The minimum Gasteiger partial charge on any atom is -0.262 e. The van der Waals surface area contributed by atoms with Crippen molar-refractivity contribution in [2.75, 3.05) is 0 Å². The molecule has 0 aromatic carbocycles. The van der Waals surface area contributed by atoms with E-state index in [1.165, 1.54) is 35.1 Å². The molecule has 0 aliphatic heterocycles. The second-order valence-electron chi connectivity index (χ2n) is 4.36. The Balaban J connectivity index is 1.81. The van der Waals surface area contributed by atoms with E-state index in [1.54, 1.807) is 12.1 Å². The highest BCUT2D eigenvalue weighted by Gasteiger charge is 2.16. The highest BCUT2D eigenvalue weighted by Crippen LogP contribution is 2.37. The summed E-state index contributed by atoms with van der Waals surface area (Å²) in [7, 11) is 0. The fourth-order valence-corrected chi connectivity index (χ4v) is 4.07. The topological polar surface area (TPSA) is 51.6 Å². The molecule has 0 amide bonds. The van der Waals surface area contributed by atoms with Crippen LogP contribution < -0.4 is 0 Å². The van der Waals surface area contributed by atoms with Gasteiger partial charge in [0, 0.05) is 23.5 Å². The second-order valence-corrected chi connectivity index (χ2v) is 6.31. The van der Waals surface area contributed by atoms with Gasteiger partial charge in [-0.05, 0) is 12.1 Å². The average molecular weight is 332 g/mol. The Morgan fingerprint density at radius 3 is 1.59 bits per heavy atom. The van der Waals surface area contributed by atoms with E-state index in [4.69, 9.17) is 0 Å². The van der Waals surface area contributed by atoms with Crippen LogP contribution in [0.15, 0.2) is 36.9 Å². The summed E-state index contributed by atoms with van der Waals surface area (Å²) in [5.41, 5.74) is 0.781. The summed E-state index contributed by atoms with van der Waals surface area (Å²) >= 11 is 2.54. The molecule has 0 atom stereocenters. The summed E-state index contributed by atoms with van der Waals surface area (Å²) < 4.78 is 27.5. The summed E-state index contributed by atoms with van der Waals surface area (Å²) in [6, 6.07) is 3.14. The molecule has 4 aromatic rings.